The van der Waals surface area contributed by atoms with Crippen molar-refractivity contribution < 1.29 is 18.0 Å². The first-order chi connectivity index (χ1) is 8.29. The molecular weight excluding hydrogens is 265 g/mol. The molecule has 7 heteroatoms. The Hall–Kier alpha value is -1.21. The first kappa shape index (κ1) is 14.8. The molecular formula is C11H13F3N2OS. The number of carbonyl (C=O) groups is 1. The normalized spacial score (nSPS) is 13.2. The molecule has 0 spiro atoms. The molecule has 3 N–H and O–H groups in total. The van der Waals surface area contributed by atoms with E-state index >= 15 is 0 Å². The minimum atomic E-state index is -4.25. The molecule has 0 aromatic heterocycles. The maximum atomic E-state index is 12.1. The van der Waals surface area contributed by atoms with Gasteiger partial charge in [-0.15, -0.1) is 11.8 Å². The summed E-state index contributed by atoms with van der Waals surface area (Å²) in [5.74, 6) is -1.44. The number of alkyl halides is 3. The van der Waals surface area contributed by atoms with Gasteiger partial charge in [0.15, 0.2) is 0 Å². The molecule has 0 fully saturated rings. The third-order valence-electron chi connectivity index (χ3n) is 1.95. The van der Waals surface area contributed by atoms with Crippen LogP contribution in [0.25, 0.3) is 0 Å². The quantitative estimate of drug-likeness (QED) is 0.832. The van der Waals surface area contributed by atoms with Crippen molar-refractivity contribution in [1.29, 1.82) is 0 Å². The lowest BCUT2D eigenvalue weighted by Crippen LogP contribution is -2.32. The highest BCUT2D eigenvalue weighted by Crippen LogP contribution is 2.32. The summed E-state index contributed by atoms with van der Waals surface area (Å²) in [5.41, 5.74) is 5.72. The zero-order valence-corrected chi connectivity index (χ0v) is 10.4. The van der Waals surface area contributed by atoms with Crippen LogP contribution >= 0.6 is 11.8 Å². The average Bonchev–Trinajstić information content (AvgIpc) is 2.26. The van der Waals surface area contributed by atoms with Crippen LogP contribution in [0.3, 0.4) is 0 Å². The van der Waals surface area contributed by atoms with Gasteiger partial charge in [0, 0.05) is 4.90 Å². The molecule has 1 atom stereocenters. The van der Waals surface area contributed by atoms with Crippen LogP contribution in [0.2, 0.25) is 0 Å². The zero-order valence-electron chi connectivity index (χ0n) is 9.62. The largest absolute Gasteiger partial charge is 0.398 e. The number of thioether (sulfide) groups is 1. The fourth-order valence-corrected chi connectivity index (χ4v) is 1.87. The molecule has 0 heterocycles. The number of hydrogen-bond donors (Lipinski definition) is 2. The number of para-hydroxylation sites is 1. The van der Waals surface area contributed by atoms with Crippen molar-refractivity contribution in [3.8, 4) is 0 Å². The van der Waals surface area contributed by atoms with E-state index in [9.17, 15) is 18.0 Å². The van der Waals surface area contributed by atoms with E-state index in [2.05, 4.69) is 5.32 Å². The maximum absolute atomic E-state index is 12.1. The van der Waals surface area contributed by atoms with Crippen molar-refractivity contribution in [3.05, 3.63) is 24.3 Å². The lowest BCUT2D eigenvalue weighted by molar-refractivity contribution is -0.117. The molecule has 1 amide bonds. The van der Waals surface area contributed by atoms with E-state index in [-0.39, 0.29) is 0 Å². The average molecular weight is 278 g/mol. The minimum absolute atomic E-state index is 0.342. The second-order valence-corrected chi connectivity index (χ2v) is 4.70. The Kier molecular flexibility index (Phi) is 5.03. The van der Waals surface area contributed by atoms with Gasteiger partial charge in [-0.1, -0.05) is 12.1 Å². The predicted molar refractivity (Wildman–Crippen MR) is 65.5 cm³/mol. The van der Waals surface area contributed by atoms with Gasteiger partial charge in [-0.25, -0.2) is 0 Å². The summed E-state index contributed by atoms with van der Waals surface area (Å²) in [6.45, 7) is 1.50. The molecule has 0 bridgehead atoms. The maximum Gasteiger partial charge on any atom is 0.398 e. The number of benzene rings is 1. The van der Waals surface area contributed by atoms with Crippen LogP contribution in [0.5, 0.6) is 0 Å². The van der Waals surface area contributed by atoms with Gasteiger partial charge in [-0.2, -0.15) is 13.2 Å². The number of nitrogens with two attached hydrogens (primary N) is 1. The van der Waals surface area contributed by atoms with Gasteiger partial charge in [0.25, 0.3) is 0 Å². The number of nitrogens with one attached hydrogen (secondary N) is 1. The predicted octanol–water partition coefficient (Wildman–Crippen LogP) is 2.63. The number of carbonyl (C=O) groups excluding carboxylic acids is 1. The summed E-state index contributed by atoms with van der Waals surface area (Å²) in [6, 6.07) is 5.59. The molecule has 1 rings (SSSR count). The number of amides is 1. The van der Waals surface area contributed by atoms with E-state index in [1.807, 2.05) is 0 Å². The van der Waals surface area contributed by atoms with Crippen molar-refractivity contribution in [1.82, 2.24) is 0 Å². The number of halogens is 3. The van der Waals surface area contributed by atoms with Crippen LogP contribution in [-0.4, -0.2) is 23.9 Å². The van der Waals surface area contributed by atoms with Gasteiger partial charge in [0.1, 0.15) is 0 Å². The van der Waals surface area contributed by atoms with Crippen molar-refractivity contribution in [3.63, 3.8) is 0 Å². The van der Waals surface area contributed by atoms with Crippen LogP contribution in [0.1, 0.15) is 6.92 Å². The van der Waals surface area contributed by atoms with Crippen molar-refractivity contribution in [2.75, 3.05) is 11.1 Å². The van der Waals surface area contributed by atoms with Crippen molar-refractivity contribution >= 4 is 23.4 Å². The second kappa shape index (κ2) is 6.10. The Labute approximate surface area is 107 Å². The SMILES string of the molecule is CC(N)C(=O)Nc1ccccc1SCC(F)(F)F. The van der Waals surface area contributed by atoms with Gasteiger partial charge in [0.2, 0.25) is 5.91 Å². The van der Waals surface area contributed by atoms with Crippen LogP contribution in [0, 0.1) is 0 Å². The molecule has 0 radical (unpaired) electrons. The Balaban J connectivity index is 2.77. The lowest BCUT2D eigenvalue weighted by Gasteiger charge is -2.13. The second-order valence-electron chi connectivity index (χ2n) is 3.68. The number of hydrogen-bond acceptors (Lipinski definition) is 3. The van der Waals surface area contributed by atoms with Gasteiger partial charge in [-0.3, -0.25) is 4.79 Å². The fourth-order valence-electron chi connectivity index (χ4n) is 1.10. The topological polar surface area (TPSA) is 55.1 Å². The van der Waals surface area contributed by atoms with E-state index in [1.165, 1.54) is 13.0 Å². The van der Waals surface area contributed by atoms with Crippen LogP contribution in [-0.2, 0) is 4.79 Å². The summed E-state index contributed by atoms with van der Waals surface area (Å²) in [7, 11) is 0. The molecule has 0 aliphatic rings. The highest BCUT2D eigenvalue weighted by Gasteiger charge is 2.27. The van der Waals surface area contributed by atoms with Crippen LogP contribution in [0.4, 0.5) is 18.9 Å². The smallest absolute Gasteiger partial charge is 0.324 e. The Morgan fingerprint density at radius 1 is 1.44 bits per heavy atom. The van der Waals surface area contributed by atoms with E-state index < -0.39 is 23.9 Å². The first-order valence-electron chi connectivity index (χ1n) is 5.14. The Morgan fingerprint density at radius 2 is 2.06 bits per heavy atom. The molecule has 1 aromatic carbocycles. The van der Waals surface area contributed by atoms with E-state index in [4.69, 9.17) is 5.73 Å². The van der Waals surface area contributed by atoms with Crippen LogP contribution < -0.4 is 11.1 Å². The fraction of sp³-hybridized carbons (Fsp3) is 0.364. The van der Waals surface area contributed by atoms with E-state index in [0.29, 0.717) is 22.3 Å². The van der Waals surface area contributed by atoms with Crippen LogP contribution in [0.15, 0.2) is 29.2 Å². The summed E-state index contributed by atoms with van der Waals surface area (Å²) < 4.78 is 36.4. The van der Waals surface area contributed by atoms with Gasteiger partial charge in [0.05, 0.1) is 17.5 Å². The van der Waals surface area contributed by atoms with Gasteiger partial charge in [-0.05, 0) is 19.1 Å². The monoisotopic (exact) mass is 278 g/mol. The molecule has 0 saturated heterocycles. The Morgan fingerprint density at radius 3 is 2.61 bits per heavy atom. The molecule has 100 valence electrons. The molecule has 0 saturated carbocycles. The summed E-state index contributed by atoms with van der Waals surface area (Å²) in [6.07, 6.45) is -4.25. The molecule has 3 nitrogen and oxygen atoms in total. The third-order valence-corrected chi connectivity index (χ3v) is 3.09. The molecule has 1 aromatic rings. The highest BCUT2D eigenvalue weighted by molar-refractivity contribution is 7.99. The summed E-state index contributed by atoms with van der Waals surface area (Å²) in [5, 5.41) is 2.49. The van der Waals surface area contributed by atoms with Gasteiger partial charge >= 0.3 is 6.18 Å². The molecule has 0 aliphatic carbocycles. The first-order valence-corrected chi connectivity index (χ1v) is 6.13. The molecule has 0 aliphatic heterocycles. The Bertz CT molecular complexity index is 421. The number of rotatable bonds is 4. The van der Waals surface area contributed by atoms with E-state index in [1.54, 1.807) is 18.2 Å². The van der Waals surface area contributed by atoms with E-state index in [0.717, 1.165) is 0 Å². The van der Waals surface area contributed by atoms with Crippen molar-refractivity contribution in [2.45, 2.75) is 24.0 Å². The molecule has 18 heavy (non-hydrogen) atoms. The standard InChI is InChI=1S/C11H13F3N2OS/c1-7(15)10(17)16-8-4-2-3-5-9(8)18-6-11(12,13)14/h2-5,7H,6,15H2,1H3,(H,16,17). The minimum Gasteiger partial charge on any atom is -0.324 e. The summed E-state index contributed by atoms with van der Waals surface area (Å²) in [4.78, 5) is 11.8. The summed E-state index contributed by atoms with van der Waals surface area (Å²) >= 11 is 0.627. The lowest BCUT2D eigenvalue weighted by atomic mass is 10.3. The third kappa shape index (κ3) is 4.97. The van der Waals surface area contributed by atoms with Gasteiger partial charge < -0.3 is 11.1 Å². The van der Waals surface area contributed by atoms with Crippen molar-refractivity contribution in [2.24, 2.45) is 5.73 Å². The zero-order chi connectivity index (χ0) is 13.8. The number of anilines is 1. The molecule has 1 unspecified atom stereocenters. The highest BCUT2D eigenvalue weighted by atomic mass is 32.2.